The summed E-state index contributed by atoms with van der Waals surface area (Å²) in [7, 11) is 1.47. The zero-order valence-electron chi connectivity index (χ0n) is 13.8. The molecule has 11 heteroatoms. The van der Waals surface area contributed by atoms with E-state index in [4.69, 9.17) is 21.1 Å². The summed E-state index contributed by atoms with van der Waals surface area (Å²) in [5.41, 5.74) is 1.59. The maximum atomic E-state index is 11.8. The molecule has 0 unspecified atom stereocenters. The summed E-state index contributed by atoms with van der Waals surface area (Å²) >= 11 is 9.06. The Morgan fingerprint density at radius 1 is 1.41 bits per heavy atom. The van der Waals surface area contributed by atoms with Crippen molar-refractivity contribution in [2.75, 3.05) is 13.7 Å². The quantitative estimate of drug-likeness (QED) is 0.373. The Kier molecular flexibility index (Phi) is 6.97. The number of carbonyl (C=O) groups is 1. The molecule has 2 aromatic rings. The van der Waals surface area contributed by atoms with Crippen LogP contribution in [-0.2, 0) is 4.79 Å². The Balaban J connectivity index is 1.99. The van der Waals surface area contributed by atoms with Crippen LogP contribution in [-0.4, -0.2) is 35.9 Å². The Morgan fingerprint density at radius 3 is 2.81 bits per heavy atom. The molecule has 0 fully saturated rings. The predicted molar refractivity (Wildman–Crippen MR) is 102 cm³/mol. The number of nitro benzene ring substituents is 1. The molecule has 0 atom stereocenters. The van der Waals surface area contributed by atoms with Crippen molar-refractivity contribution < 1.29 is 24.3 Å². The highest BCUT2D eigenvalue weighted by atomic mass is 79.9. The summed E-state index contributed by atoms with van der Waals surface area (Å²) in [6, 6.07) is 7.31. The second kappa shape index (κ2) is 9.19. The molecule has 9 nitrogen and oxygen atoms in total. The minimum absolute atomic E-state index is 0.0232. The van der Waals surface area contributed by atoms with Crippen LogP contribution in [0.3, 0.4) is 0 Å². The Bertz CT molecular complexity index is 906. The molecule has 0 aliphatic rings. The Morgan fingerprint density at radius 2 is 2.15 bits per heavy atom. The number of carbonyl (C=O) groups excluding carboxylic acids is 1. The van der Waals surface area contributed by atoms with Crippen molar-refractivity contribution in [1.29, 1.82) is 0 Å². The number of hydrogen-bond acceptors (Lipinski definition) is 7. The summed E-state index contributed by atoms with van der Waals surface area (Å²) in [4.78, 5) is 21.9. The van der Waals surface area contributed by atoms with Crippen LogP contribution in [0.2, 0.25) is 5.02 Å². The number of rotatable bonds is 7. The lowest BCUT2D eigenvalue weighted by Crippen LogP contribution is -2.24. The summed E-state index contributed by atoms with van der Waals surface area (Å²) < 4.78 is 11.3. The van der Waals surface area contributed by atoms with Gasteiger partial charge in [0.2, 0.25) is 5.75 Å². The SMILES string of the molecule is COc1cc(Br)ccc1OCC(=O)N/N=C\c1cc(Cl)cc([N+](=O)[O-])c1O. The van der Waals surface area contributed by atoms with Gasteiger partial charge in [0.05, 0.1) is 18.2 Å². The van der Waals surface area contributed by atoms with Crippen LogP contribution < -0.4 is 14.9 Å². The molecular weight excluding hydrogens is 446 g/mol. The van der Waals surface area contributed by atoms with E-state index in [1.165, 1.54) is 13.2 Å². The monoisotopic (exact) mass is 457 g/mol. The van der Waals surface area contributed by atoms with Gasteiger partial charge in [0.1, 0.15) is 0 Å². The average molecular weight is 459 g/mol. The van der Waals surface area contributed by atoms with E-state index in [9.17, 15) is 20.0 Å². The molecule has 0 heterocycles. The molecule has 0 saturated heterocycles. The zero-order chi connectivity index (χ0) is 20.0. The van der Waals surface area contributed by atoms with E-state index >= 15 is 0 Å². The second-order valence-electron chi connectivity index (χ2n) is 5.00. The van der Waals surface area contributed by atoms with E-state index in [1.54, 1.807) is 18.2 Å². The van der Waals surface area contributed by atoms with Crippen molar-refractivity contribution in [3.05, 3.63) is 55.5 Å². The number of ether oxygens (including phenoxy) is 2. The van der Waals surface area contributed by atoms with Gasteiger partial charge in [-0.2, -0.15) is 5.10 Å². The number of phenols is 1. The van der Waals surface area contributed by atoms with Gasteiger partial charge in [0, 0.05) is 21.1 Å². The average Bonchev–Trinajstić information content (AvgIpc) is 2.62. The molecule has 0 bridgehead atoms. The standard InChI is InChI=1S/C16H13BrClN3O6/c1-26-14-5-10(17)2-3-13(14)27-8-15(22)20-19-7-9-4-11(18)6-12(16(9)23)21(24)25/h2-7,23H,8H2,1H3,(H,20,22)/b19-7-. The van der Waals surface area contributed by atoms with Crippen molar-refractivity contribution in [2.24, 2.45) is 5.10 Å². The summed E-state index contributed by atoms with van der Waals surface area (Å²) in [6.07, 6.45) is 1.03. The van der Waals surface area contributed by atoms with Crippen LogP contribution in [0.5, 0.6) is 17.2 Å². The lowest BCUT2D eigenvalue weighted by atomic mass is 10.2. The third-order valence-corrected chi connectivity index (χ3v) is 3.87. The number of phenolic OH excluding ortho intramolecular Hbond substituents is 1. The molecule has 0 aliphatic heterocycles. The van der Waals surface area contributed by atoms with E-state index in [2.05, 4.69) is 26.5 Å². The molecule has 2 rings (SSSR count). The molecule has 0 aliphatic carbocycles. The van der Waals surface area contributed by atoms with Crippen molar-refractivity contribution in [2.45, 2.75) is 0 Å². The number of methoxy groups -OCH3 is 1. The largest absolute Gasteiger partial charge is 0.502 e. The van der Waals surface area contributed by atoms with Crippen molar-refractivity contribution in [1.82, 2.24) is 5.43 Å². The van der Waals surface area contributed by atoms with Gasteiger partial charge >= 0.3 is 5.69 Å². The van der Waals surface area contributed by atoms with Gasteiger partial charge in [-0.05, 0) is 24.3 Å². The number of nitro groups is 1. The predicted octanol–water partition coefficient (Wildman–Crippen LogP) is 3.25. The van der Waals surface area contributed by atoms with Gasteiger partial charge in [-0.3, -0.25) is 14.9 Å². The highest BCUT2D eigenvalue weighted by Gasteiger charge is 2.17. The molecule has 142 valence electrons. The summed E-state index contributed by atoms with van der Waals surface area (Å²) in [5.74, 6) is -0.398. The first-order chi connectivity index (χ1) is 12.8. The normalized spacial score (nSPS) is 10.6. The lowest BCUT2D eigenvalue weighted by molar-refractivity contribution is -0.385. The molecule has 0 spiro atoms. The minimum Gasteiger partial charge on any atom is -0.502 e. The van der Waals surface area contributed by atoms with E-state index in [1.807, 2.05) is 0 Å². The van der Waals surface area contributed by atoms with E-state index in [-0.39, 0.29) is 17.2 Å². The molecule has 0 saturated carbocycles. The first kappa shape index (κ1) is 20.5. The highest BCUT2D eigenvalue weighted by Crippen LogP contribution is 2.32. The fourth-order valence-electron chi connectivity index (χ4n) is 1.95. The van der Waals surface area contributed by atoms with E-state index < -0.39 is 22.3 Å². The molecule has 0 radical (unpaired) electrons. The molecule has 1 amide bonds. The Hall–Kier alpha value is -2.85. The van der Waals surface area contributed by atoms with Crippen molar-refractivity contribution in [3.63, 3.8) is 0 Å². The van der Waals surface area contributed by atoms with Crippen LogP contribution in [0.25, 0.3) is 0 Å². The number of hydrazone groups is 1. The number of nitrogens with zero attached hydrogens (tertiary/aromatic N) is 2. The van der Waals surface area contributed by atoms with Crippen LogP contribution in [0.15, 0.2) is 39.9 Å². The first-order valence-electron chi connectivity index (χ1n) is 7.27. The van der Waals surface area contributed by atoms with Gasteiger partial charge in [-0.25, -0.2) is 5.43 Å². The number of benzene rings is 2. The highest BCUT2D eigenvalue weighted by molar-refractivity contribution is 9.10. The fourth-order valence-corrected chi connectivity index (χ4v) is 2.51. The fraction of sp³-hybridized carbons (Fsp3) is 0.125. The van der Waals surface area contributed by atoms with Crippen LogP contribution in [0.4, 0.5) is 5.69 Å². The number of aromatic hydroxyl groups is 1. The van der Waals surface area contributed by atoms with Crippen LogP contribution in [0, 0.1) is 10.1 Å². The maximum absolute atomic E-state index is 11.8. The lowest BCUT2D eigenvalue weighted by Gasteiger charge is -2.10. The second-order valence-corrected chi connectivity index (χ2v) is 6.35. The topological polar surface area (TPSA) is 123 Å². The van der Waals surface area contributed by atoms with Crippen LogP contribution >= 0.6 is 27.5 Å². The van der Waals surface area contributed by atoms with Crippen LogP contribution in [0.1, 0.15) is 5.56 Å². The Labute approximate surface area is 166 Å². The molecule has 0 aromatic heterocycles. The summed E-state index contributed by atoms with van der Waals surface area (Å²) in [6.45, 7) is -0.350. The molecule has 2 N–H and O–H groups in total. The summed E-state index contributed by atoms with van der Waals surface area (Å²) in [5, 5.41) is 24.3. The van der Waals surface area contributed by atoms with E-state index in [0.717, 1.165) is 16.8 Å². The van der Waals surface area contributed by atoms with Gasteiger partial charge in [-0.15, -0.1) is 0 Å². The molecule has 2 aromatic carbocycles. The zero-order valence-corrected chi connectivity index (χ0v) is 16.2. The van der Waals surface area contributed by atoms with Crippen molar-refractivity contribution >= 4 is 45.3 Å². The van der Waals surface area contributed by atoms with Gasteiger partial charge < -0.3 is 14.6 Å². The number of amides is 1. The molecular formula is C16H13BrClN3O6. The number of halogens is 2. The van der Waals surface area contributed by atoms with Crippen molar-refractivity contribution in [3.8, 4) is 17.2 Å². The smallest absolute Gasteiger partial charge is 0.312 e. The third kappa shape index (κ3) is 5.56. The van der Waals surface area contributed by atoms with E-state index in [0.29, 0.717) is 11.5 Å². The first-order valence-corrected chi connectivity index (χ1v) is 8.44. The van der Waals surface area contributed by atoms with Gasteiger partial charge in [-0.1, -0.05) is 27.5 Å². The number of hydrogen-bond donors (Lipinski definition) is 2. The minimum atomic E-state index is -0.781. The number of nitrogens with one attached hydrogen (secondary N) is 1. The third-order valence-electron chi connectivity index (χ3n) is 3.16. The maximum Gasteiger partial charge on any atom is 0.312 e. The molecule has 27 heavy (non-hydrogen) atoms. The van der Waals surface area contributed by atoms with Gasteiger partial charge in [0.15, 0.2) is 18.1 Å². The van der Waals surface area contributed by atoms with Gasteiger partial charge in [0.25, 0.3) is 5.91 Å².